The van der Waals surface area contributed by atoms with Gasteiger partial charge in [-0.2, -0.15) is 10.1 Å². The maximum Gasteiger partial charge on any atom is 0.410 e. The molecule has 8 rings (SSSR count). The van der Waals surface area contributed by atoms with Gasteiger partial charge in [0.1, 0.15) is 25.5 Å². The van der Waals surface area contributed by atoms with Crippen molar-refractivity contribution in [1.82, 2.24) is 24.6 Å². The quantitative estimate of drug-likeness (QED) is 0.122. The van der Waals surface area contributed by atoms with Gasteiger partial charge in [0, 0.05) is 63.3 Å². The molecule has 0 aliphatic carbocycles. The van der Waals surface area contributed by atoms with Crippen molar-refractivity contribution in [2.75, 3.05) is 37.6 Å². The number of anilines is 1. The molecule has 2 aliphatic heterocycles. The molecule has 57 heavy (non-hydrogen) atoms. The molecular formula is C47H52N6O4. The predicted octanol–water partition coefficient (Wildman–Crippen LogP) is 8.74. The van der Waals surface area contributed by atoms with Crippen molar-refractivity contribution < 1.29 is 19.0 Å². The molecule has 0 spiro atoms. The van der Waals surface area contributed by atoms with Gasteiger partial charge in [0.2, 0.25) is 11.8 Å². The summed E-state index contributed by atoms with van der Waals surface area (Å²) in [6.07, 6.45) is 1.77. The van der Waals surface area contributed by atoms with E-state index >= 15 is 0 Å². The van der Waals surface area contributed by atoms with E-state index in [0.717, 1.165) is 84.4 Å². The molecule has 294 valence electrons. The van der Waals surface area contributed by atoms with E-state index < -0.39 is 0 Å². The number of aryl methyl sites for hydroxylation is 1. The fraction of sp³-hybridized carbons (Fsp3) is 0.340. The molecule has 0 saturated carbocycles. The van der Waals surface area contributed by atoms with Gasteiger partial charge < -0.3 is 24.0 Å². The number of carbonyl (C=O) groups excluding carboxylic acids is 1. The summed E-state index contributed by atoms with van der Waals surface area (Å²) in [6, 6.07) is 41.2. The van der Waals surface area contributed by atoms with Crippen LogP contribution in [0.2, 0.25) is 0 Å². The smallest absolute Gasteiger partial charge is 0.410 e. The van der Waals surface area contributed by atoms with Crippen LogP contribution in [0, 0.1) is 5.92 Å². The highest BCUT2D eigenvalue weighted by Gasteiger charge is 2.34. The van der Waals surface area contributed by atoms with E-state index in [1.807, 2.05) is 108 Å². The second-order valence-electron chi connectivity index (χ2n) is 15.5. The minimum atomic E-state index is -0.211. The van der Waals surface area contributed by atoms with Crippen molar-refractivity contribution in [3.63, 3.8) is 0 Å². The van der Waals surface area contributed by atoms with Crippen LogP contribution in [0.15, 0.2) is 121 Å². The number of rotatable bonds is 12. The van der Waals surface area contributed by atoms with Crippen LogP contribution in [0.25, 0.3) is 22.2 Å². The van der Waals surface area contributed by atoms with Crippen molar-refractivity contribution >= 4 is 22.7 Å². The molecular weight excluding hydrogens is 713 g/mol. The Hall–Kier alpha value is -5.87. The number of fused-ring (bicyclic) bond motifs is 1. The molecule has 4 aromatic carbocycles. The highest BCUT2D eigenvalue weighted by molar-refractivity contribution is 6.01. The number of likely N-dealkylation sites (tertiary alicyclic amines) is 1. The second kappa shape index (κ2) is 17.5. The first-order valence-corrected chi connectivity index (χ1v) is 20.2. The maximum atomic E-state index is 12.8. The van der Waals surface area contributed by atoms with Gasteiger partial charge in [-0.15, -0.1) is 0 Å². The Bertz CT molecular complexity index is 2230. The first-order chi connectivity index (χ1) is 27.9. The summed E-state index contributed by atoms with van der Waals surface area (Å²) in [6.45, 7) is 10.1. The Balaban J connectivity index is 0.955. The normalized spacial score (nSPS) is 17.8. The summed E-state index contributed by atoms with van der Waals surface area (Å²) >= 11 is 0. The standard InChI is InChI=1S/C47H52N6O4/c1-34-28-52(29-35(2)53(34)30-36-24-26-51(27-25-36)47(54)57-33-39-18-11-6-12-19-39)42-21-13-20-40-44(49-50(3)45(40)42)41-22-23-43(55-31-37-14-7-4-8-15-37)48-46(41)56-32-38-16-9-5-10-17-38/h4-23,34-36H,24-33H2,1-3H3/t34-,35-/m0/s1. The molecule has 0 bridgehead atoms. The van der Waals surface area contributed by atoms with Gasteiger partial charge in [-0.1, -0.05) is 103 Å². The molecule has 10 heteroatoms. The molecule has 4 heterocycles. The Morgan fingerprint density at radius 3 is 1.93 bits per heavy atom. The van der Waals surface area contributed by atoms with Gasteiger partial charge >= 0.3 is 6.09 Å². The van der Waals surface area contributed by atoms with Crippen LogP contribution in [-0.2, 0) is 31.6 Å². The third-order valence-corrected chi connectivity index (χ3v) is 11.4. The zero-order chi connectivity index (χ0) is 39.1. The van der Waals surface area contributed by atoms with E-state index in [-0.39, 0.29) is 6.09 Å². The highest BCUT2D eigenvalue weighted by atomic mass is 16.6. The average molecular weight is 765 g/mol. The summed E-state index contributed by atoms with van der Waals surface area (Å²) in [4.78, 5) is 24.7. The summed E-state index contributed by atoms with van der Waals surface area (Å²) < 4.78 is 20.2. The van der Waals surface area contributed by atoms with Crippen molar-refractivity contribution in [3.05, 3.63) is 138 Å². The average Bonchev–Trinajstić information content (AvgIpc) is 3.59. The lowest BCUT2D eigenvalue weighted by Gasteiger charge is -2.47. The van der Waals surface area contributed by atoms with Crippen molar-refractivity contribution in [1.29, 1.82) is 0 Å². The summed E-state index contributed by atoms with van der Waals surface area (Å²) in [5, 5.41) is 6.16. The number of nitrogens with zero attached hydrogens (tertiary/aromatic N) is 6. The third kappa shape index (κ3) is 8.92. The highest BCUT2D eigenvalue weighted by Crippen LogP contribution is 2.39. The van der Waals surface area contributed by atoms with Crippen LogP contribution in [0.1, 0.15) is 43.4 Å². The van der Waals surface area contributed by atoms with Gasteiger partial charge in [-0.05, 0) is 61.4 Å². The minimum absolute atomic E-state index is 0.211. The van der Waals surface area contributed by atoms with Gasteiger partial charge in [0.05, 0.1) is 16.8 Å². The molecule has 0 unspecified atom stereocenters. The molecule has 1 amide bonds. The fourth-order valence-electron chi connectivity index (χ4n) is 8.34. The molecule has 2 aliphatic rings. The van der Waals surface area contributed by atoms with Crippen molar-refractivity contribution in [2.45, 2.75) is 58.6 Å². The number of piperidine rings is 1. The Morgan fingerprint density at radius 2 is 1.30 bits per heavy atom. The number of hydrogen-bond donors (Lipinski definition) is 0. The number of carbonyl (C=O) groups is 1. The number of hydrogen-bond acceptors (Lipinski definition) is 8. The van der Waals surface area contributed by atoms with E-state index in [1.165, 1.54) is 5.69 Å². The maximum absolute atomic E-state index is 12.8. The van der Waals surface area contributed by atoms with Crippen LogP contribution in [0.4, 0.5) is 10.5 Å². The van der Waals surface area contributed by atoms with Crippen LogP contribution in [-0.4, -0.2) is 75.5 Å². The van der Waals surface area contributed by atoms with Gasteiger partial charge in [-0.3, -0.25) is 9.58 Å². The molecule has 10 nitrogen and oxygen atoms in total. The van der Waals surface area contributed by atoms with Crippen molar-refractivity contribution in [2.24, 2.45) is 13.0 Å². The molecule has 2 fully saturated rings. The number of piperazine rings is 1. The first kappa shape index (κ1) is 38.0. The predicted molar refractivity (Wildman–Crippen MR) is 224 cm³/mol. The molecule has 0 radical (unpaired) electrons. The SMILES string of the molecule is C[C@H]1CN(c2cccc3c(-c4ccc(OCc5ccccc5)nc4OCc4ccccc4)nn(C)c23)C[C@H](C)N1CC1CCN(C(=O)OCc2ccccc2)CC1. The number of ether oxygens (including phenoxy) is 3. The number of pyridine rings is 1. The summed E-state index contributed by atoms with van der Waals surface area (Å²) in [5.41, 5.74) is 7.05. The number of benzene rings is 4. The van der Waals surface area contributed by atoms with Crippen LogP contribution in [0.3, 0.4) is 0 Å². The molecule has 6 aromatic rings. The second-order valence-corrected chi connectivity index (χ2v) is 15.5. The lowest BCUT2D eigenvalue weighted by molar-refractivity contribution is 0.0629. The molecule has 2 saturated heterocycles. The Morgan fingerprint density at radius 1 is 0.702 bits per heavy atom. The molecule has 0 N–H and O–H groups in total. The van der Waals surface area contributed by atoms with Crippen LogP contribution >= 0.6 is 0 Å². The van der Waals surface area contributed by atoms with Crippen LogP contribution < -0.4 is 14.4 Å². The Kier molecular flexibility index (Phi) is 11.7. The lowest BCUT2D eigenvalue weighted by Crippen LogP contribution is -2.58. The summed E-state index contributed by atoms with van der Waals surface area (Å²) in [5.74, 6) is 1.53. The molecule has 2 aromatic heterocycles. The number of amides is 1. The van der Waals surface area contributed by atoms with E-state index in [9.17, 15) is 4.79 Å². The number of aromatic nitrogens is 3. The Labute approximate surface area is 335 Å². The lowest BCUT2D eigenvalue weighted by atomic mass is 9.94. The zero-order valence-corrected chi connectivity index (χ0v) is 33.2. The third-order valence-electron chi connectivity index (χ3n) is 11.4. The summed E-state index contributed by atoms with van der Waals surface area (Å²) in [7, 11) is 2.03. The minimum Gasteiger partial charge on any atom is -0.473 e. The monoisotopic (exact) mass is 764 g/mol. The fourth-order valence-corrected chi connectivity index (χ4v) is 8.34. The molecule has 2 atom stereocenters. The van der Waals surface area contributed by atoms with E-state index in [4.69, 9.17) is 24.3 Å². The topological polar surface area (TPSA) is 85.2 Å². The van der Waals surface area contributed by atoms with E-state index in [1.54, 1.807) is 0 Å². The van der Waals surface area contributed by atoms with Gasteiger partial charge in [0.25, 0.3) is 0 Å². The van der Waals surface area contributed by atoms with Gasteiger partial charge in [0.15, 0.2) is 0 Å². The zero-order valence-electron chi connectivity index (χ0n) is 33.2. The largest absolute Gasteiger partial charge is 0.473 e. The van der Waals surface area contributed by atoms with E-state index in [2.05, 4.69) is 54.0 Å². The van der Waals surface area contributed by atoms with Crippen molar-refractivity contribution in [3.8, 4) is 23.0 Å². The number of para-hydroxylation sites is 1. The van der Waals surface area contributed by atoms with E-state index in [0.29, 0.717) is 49.6 Å². The first-order valence-electron chi connectivity index (χ1n) is 20.2. The van der Waals surface area contributed by atoms with Gasteiger partial charge in [-0.25, -0.2) is 4.79 Å². The van der Waals surface area contributed by atoms with Crippen LogP contribution in [0.5, 0.6) is 11.8 Å².